The zero-order chi connectivity index (χ0) is 23.9. The van der Waals surface area contributed by atoms with Crippen LogP contribution in [0.1, 0.15) is 32.6 Å². The van der Waals surface area contributed by atoms with Crippen molar-refractivity contribution in [1.29, 1.82) is 0 Å². The molecule has 35 heavy (non-hydrogen) atoms. The van der Waals surface area contributed by atoms with E-state index in [2.05, 4.69) is 9.80 Å². The Morgan fingerprint density at radius 1 is 0.971 bits per heavy atom. The number of nitrogens with zero attached hydrogens (tertiary/aromatic N) is 2. The second-order valence-electron chi connectivity index (χ2n) is 9.18. The van der Waals surface area contributed by atoms with Gasteiger partial charge in [0.2, 0.25) is 5.78 Å². The molecule has 2 aromatic carbocycles. The summed E-state index contributed by atoms with van der Waals surface area (Å²) in [5.74, 6) is 2.12. The SMILES string of the molecule is Cc1c2c(cc3c1O/C(=C\c1cc(Cl)cc4c1OCOC4)C3=O)CN(CCN1CCOCC1)CO2. The molecular formula is C26H27ClN2O6. The number of ether oxygens (including phenoxy) is 5. The Labute approximate surface area is 208 Å². The number of fused-ring (bicyclic) bond motifs is 3. The number of hydrogen-bond acceptors (Lipinski definition) is 8. The summed E-state index contributed by atoms with van der Waals surface area (Å²) in [5.41, 5.74) is 3.95. The lowest BCUT2D eigenvalue weighted by Gasteiger charge is -2.33. The average molecular weight is 499 g/mol. The minimum absolute atomic E-state index is 0.155. The molecular weight excluding hydrogens is 472 g/mol. The summed E-state index contributed by atoms with van der Waals surface area (Å²) in [4.78, 5) is 18.0. The summed E-state index contributed by atoms with van der Waals surface area (Å²) in [6, 6.07) is 5.50. The fourth-order valence-corrected chi connectivity index (χ4v) is 5.25. The van der Waals surface area contributed by atoms with Gasteiger partial charge in [-0.3, -0.25) is 14.6 Å². The molecule has 0 aliphatic carbocycles. The molecule has 8 nitrogen and oxygen atoms in total. The second-order valence-corrected chi connectivity index (χ2v) is 9.62. The lowest BCUT2D eigenvalue weighted by Crippen LogP contribution is -2.43. The Balaban J connectivity index is 1.24. The van der Waals surface area contributed by atoms with Gasteiger partial charge in [-0.1, -0.05) is 11.6 Å². The maximum atomic E-state index is 13.3. The van der Waals surface area contributed by atoms with Gasteiger partial charge in [0.1, 0.15) is 24.0 Å². The van der Waals surface area contributed by atoms with Gasteiger partial charge in [0.25, 0.3) is 0 Å². The molecule has 0 bridgehead atoms. The number of benzene rings is 2. The summed E-state index contributed by atoms with van der Waals surface area (Å²) in [6.07, 6.45) is 1.70. The van der Waals surface area contributed by atoms with Gasteiger partial charge >= 0.3 is 0 Å². The molecule has 184 valence electrons. The predicted octanol–water partition coefficient (Wildman–Crippen LogP) is 3.62. The van der Waals surface area contributed by atoms with Gasteiger partial charge in [-0.25, -0.2) is 0 Å². The van der Waals surface area contributed by atoms with Gasteiger partial charge < -0.3 is 23.7 Å². The third-order valence-electron chi connectivity index (χ3n) is 6.83. The molecule has 0 unspecified atom stereocenters. The van der Waals surface area contributed by atoms with Crippen molar-refractivity contribution in [3.63, 3.8) is 0 Å². The number of halogens is 1. The summed E-state index contributed by atoms with van der Waals surface area (Å²) in [6.45, 7) is 9.14. The third-order valence-corrected chi connectivity index (χ3v) is 7.05. The topological polar surface area (TPSA) is 69.7 Å². The first-order valence-electron chi connectivity index (χ1n) is 11.9. The largest absolute Gasteiger partial charge is 0.477 e. The van der Waals surface area contributed by atoms with E-state index in [0.717, 1.165) is 68.4 Å². The van der Waals surface area contributed by atoms with E-state index in [-0.39, 0.29) is 18.3 Å². The van der Waals surface area contributed by atoms with Gasteiger partial charge in [-0.2, -0.15) is 0 Å². The number of allylic oxidation sites excluding steroid dienone is 1. The molecule has 4 aliphatic rings. The molecule has 6 rings (SSSR count). The second kappa shape index (κ2) is 9.44. The quantitative estimate of drug-likeness (QED) is 0.592. The van der Waals surface area contributed by atoms with Crippen molar-refractivity contribution < 1.29 is 28.5 Å². The number of morpholine rings is 1. The van der Waals surface area contributed by atoms with E-state index in [4.69, 9.17) is 35.3 Å². The predicted molar refractivity (Wildman–Crippen MR) is 129 cm³/mol. The normalized spacial score (nSPS) is 21.1. The number of Topliss-reactive ketones (excluding diaryl/α,β-unsaturated/α-hetero) is 1. The first-order valence-corrected chi connectivity index (χ1v) is 12.2. The number of ketones is 1. The summed E-state index contributed by atoms with van der Waals surface area (Å²) in [7, 11) is 0. The molecule has 4 heterocycles. The lowest BCUT2D eigenvalue weighted by atomic mass is 9.99. The standard InChI is InChI=1S/C26H27ClN2O6/c1-16-24-18(12-29(14-33-24)3-2-28-4-6-31-7-5-28)10-21-23(30)22(35-25(16)21)11-17-8-20(27)9-19-13-32-15-34-26(17)19/h8-11H,2-7,12-15H2,1H3/b22-11-. The van der Waals surface area contributed by atoms with Gasteiger partial charge in [-0.15, -0.1) is 0 Å². The fraction of sp³-hybridized carbons (Fsp3) is 0.423. The number of carbonyl (C=O) groups is 1. The van der Waals surface area contributed by atoms with Crippen LogP contribution >= 0.6 is 11.6 Å². The van der Waals surface area contributed by atoms with Crippen LogP contribution in [0.2, 0.25) is 5.02 Å². The summed E-state index contributed by atoms with van der Waals surface area (Å²) in [5, 5.41) is 0.546. The monoisotopic (exact) mass is 498 g/mol. The Kier molecular flexibility index (Phi) is 6.16. The van der Waals surface area contributed by atoms with Crippen molar-refractivity contribution in [2.24, 2.45) is 0 Å². The average Bonchev–Trinajstić information content (AvgIpc) is 3.18. The molecule has 4 aliphatic heterocycles. The van der Waals surface area contributed by atoms with Crippen LogP contribution in [0.4, 0.5) is 0 Å². The van der Waals surface area contributed by atoms with Crippen LogP contribution in [0.15, 0.2) is 24.0 Å². The van der Waals surface area contributed by atoms with Crippen LogP contribution in [0.3, 0.4) is 0 Å². The van der Waals surface area contributed by atoms with Gasteiger partial charge in [0, 0.05) is 60.0 Å². The van der Waals surface area contributed by atoms with Gasteiger partial charge in [-0.05, 0) is 31.2 Å². The van der Waals surface area contributed by atoms with E-state index in [1.807, 2.05) is 19.1 Å². The zero-order valence-electron chi connectivity index (χ0n) is 19.6. The maximum Gasteiger partial charge on any atom is 0.231 e. The Hall–Kier alpha value is -2.62. The minimum Gasteiger partial charge on any atom is -0.477 e. The lowest BCUT2D eigenvalue weighted by molar-refractivity contribution is -0.0165. The van der Waals surface area contributed by atoms with Crippen molar-refractivity contribution >= 4 is 23.5 Å². The molecule has 0 amide bonds. The highest BCUT2D eigenvalue weighted by Crippen LogP contribution is 2.44. The van der Waals surface area contributed by atoms with Crippen molar-refractivity contribution in [2.75, 3.05) is 52.9 Å². The van der Waals surface area contributed by atoms with Crippen LogP contribution < -0.4 is 14.2 Å². The molecule has 1 fully saturated rings. The highest BCUT2D eigenvalue weighted by atomic mass is 35.5. The van der Waals surface area contributed by atoms with Gasteiger partial charge in [0.15, 0.2) is 12.6 Å². The van der Waals surface area contributed by atoms with E-state index in [1.54, 1.807) is 12.1 Å². The van der Waals surface area contributed by atoms with Gasteiger partial charge in [0.05, 0.1) is 25.4 Å². The smallest absolute Gasteiger partial charge is 0.231 e. The Morgan fingerprint density at radius 3 is 2.66 bits per heavy atom. The molecule has 2 aromatic rings. The van der Waals surface area contributed by atoms with Crippen molar-refractivity contribution in [1.82, 2.24) is 9.80 Å². The van der Waals surface area contributed by atoms with Crippen LogP contribution in [-0.4, -0.2) is 68.5 Å². The number of rotatable bonds is 4. The molecule has 0 N–H and O–H groups in total. The van der Waals surface area contributed by atoms with Crippen molar-refractivity contribution in [3.05, 3.63) is 56.8 Å². The van der Waals surface area contributed by atoms with E-state index in [9.17, 15) is 4.79 Å². The van der Waals surface area contributed by atoms with Crippen molar-refractivity contribution in [3.8, 4) is 17.2 Å². The zero-order valence-corrected chi connectivity index (χ0v) is 20.4. The van der Waals surface area contributed by atoms with E-state index >= 15 is 0 Å². The molecule has 9 heteroatoms. The van der Waals surface area contributed by atoms with Crippen LogP contribution in [-0.2, 0) is 22.6 Å². The summed E-state index contributed by atoms with van der Waals surface area (Å²) >= 11 is 6.30. The van der Waals surface area contributed by atoms with Crippen molar-refractivity contribution in [2.45, 2.75) is 20.1 Å². The third kappa shape index (κ3) is 4.41. The molecule has 0 atom stereocenters. The molecule has 0 aromatic heterocycles. The first kappa shape index (κ1) is 22.8. The minimum atomic E-state index is -0.155. The first-order chi connectivity index (χ1) is 17.1. The van der Waals surface area contributed by atoms with E-state index in [1.165, 1.54) is 0 Å². The molecule has 0 spiro atoms. The van der Waals surface area contributed by atoms with Crippen LogP contribution in [0.5, 0.6) is 17.2 Å². The molecule has 0 radical (unpaired) electrons. The van der Waals surface area contributed by atoms with E-state index in [0.29, 0.717) is 41.0 Å². The Morgan fingerprint density at radius 2 is 1.80 bits per heavy atom. The van der Waals surface area contributed by atoms with Crippen LogP contribution in [0.25, 0.3) is 6.08 Å². The maximum absolute atomic E-state index is 13.3. The fourth-order valence-electron chi connectivity index (χ4n) is 5.00. The highest BCUT2D eigenvalue weighted by Gasteiger charge is 2.34. The number of hydrogen-bond donors (Lipinski definition) is 0. The summed E-state index contributed by atoms with van der Waals surface area (Å²) < 4.78 is 28.7. The number of carbonyl (C=O) groups excluding carboxylic acids is 1. The highest BCUT2D eigenvalue weighted by molar-refractivity contribution is 6.31. The molecule has 0 saturated carbocycles. The van der Waals surface area contributed by atoms with E-state index < -0.39 is 0 Å². The molecule has 1 saturated heterocycles. The Bertz CT molecular complexity index is 1210. The van der Waals surface area contributed by atoms with Crippen LogP contribution in [0, 0.1) is 6.92 Å².